The van der Waals surface area contributed by atoms with Crippen molar-refractivity contribution >= 4 is 24.1 Å². The molecule has 0 saturated heterocycles. The van der Waals surface area contributed by atoms with Gasteiger partial charge in [0, 0.05) is 0 Å². The first-order valence-electron chi connectivity index (χ1n) is 11.0. The third-order valence-electron chi connectivity index (χ3n) is 4.63. The average molecular weight is 441 g/mol. The predicted molar refractivity (Wildman–Crippen MR) is 124 cm³/mol. The second-order valence-corrected chi connectivity index (χ2v) is 7.00. The van der Waals surface area contributed by atoms with E-state index in [0.29, 0.717) is 37.6 Å². The third kappa shape index (κ3) is 7.76. The van der Waals surface area contributed by atoms with Crippen molar-refractivity contribution in [3.05, 3.63) is 59.7 Å². The molecule has 0 saturated carbocycles. The van der Waals surface area contributed by atoms with E-state index in [1.807, 2.05) is 74.5 Å². The lowest BCUT2D eigenvalue weighted by Gasteiger charge is -2.16. The Morgan fingerprint density at radius 3 is 1.28 bits per heavy atom. The number of ether oxygens (including phenoxy) is 4. The molecule has 2 rings (SSSR count). The molecule has 0 aliphatic rings. The van der Waals surface area contributed by atoms with E-state index in [1.165, 1.54) is 0 Å². The molecule has 0 aliphatic heterocycles. The summed E-state index contributed by atoms with van der Waals surface area (Å²) in [6.45, 7) is 7.98. The first-order chi connectivity index (χ1) is 15.5. The van der Waals surface area contributed by atoms with Crippen LogP contribution < -0.4 is 9.47 Å². The molecule has 0 bridgehead atoms. The van der Waals surface area contributed by atoms with Crippen LogP contribution >= 0.6 is 0 Å². The quantitative estimate of drug-likeness (QED) is 0.330. The van der Waals surface area contributed by atoms with Gasteiger partial charge < -0.3 is 18.9 Å². The Morgan fingerprint density at radius 1 is 0.656 bits per heavy atom. The lowest BCUT2D eigenvalue weighted by molar-refractivity contribution is -0.152. The molecule has 32 heavy (non-hydrogen) atoms. The Hall–Kier alpha value is -3.28. The van der Waals surface area contributed by atoms with E-state index in [2.05, 4.69) is 0 Å². The lowest BCUT2D eigenvalue weighted by atomic mass is 10.1. The number of hydrogen-bond donors (Lipinski definition) is 0. The van der Waals surface area contributed by atoms with Crippen LogP contribution in [-0.4, -0.2) is 37.4 Å². The minimum absolute atomic E-state index is 0.333. The van der Waals surface area contributed by atoms with Crippen molar-refractivity contribution in [2.75, 3.05) is 13.2 Å². The van der Waals surface area contributed by atoms with Gasteiger partial charge in [0.05, 0.1) is 13.2 Å². The van der Waals surface area contributed by atoms with Gasteiger partial charge in [-0.25, -0.2) is 9.59 Å². The highest BCUT2D eigenvalue weighted by molar-refractivity contribution is 5.75. The van der Waals surface area contributed by atoms with Crippen molar-refractivity contribution in [1.29, 1.82) is 0 Å². The number of benzene rings is 2. The standard InChI is InChI=1S/C26H32O6/c1-5-23(25(27)29-7-3)31-21-15-11-19(12-16-21)9-10-20-13-17-22(18-14-20)32-24(6-2)26(28)30-8-4/h9-18,23-24H,5-8H2,1-4H3/b10-9+. The number of carbonyl (C=O) groups excluding carboxylic acids is 2. The van der Waals surface area contributed by atoms with E-state index in [4.69, 9.17) is 18.9 Å². The fourth-order valence-electron chi connectivity index (χ4n) is 2.90. The molecule has 172 valence electrons. The number of rotatable bonds is 12. The summed E-state index contributed by atoms with van der Waals surface area (Å²) in [4.78, 5) is 23.8. The molecule has 0 amide bonds. The van der Waals surface area contributed by atoms with Gasteiger partial charge in [-0.15, -0.1) is 0 Å². The summed E-state index contributed by atoms with van der Waals surface area (Å²) in [6.07, 6.45) is 3.84. The minimum atomic E-state index is -0.604. The van der Waals surface area contributed by atoms with Gasteiger partial charge in [0.2, 0.25) is 0 Å². The van der Waals surface area contributed by atoms with Gasteiger partial charge >= 0.3 is 11.9 Å². The maximum Gasteiger partial charge on any atom is 0.347 e. The molecule has 2 unspecified atom stereocenters. The molecule has 0 heterocycles. The van der Waals surface area contributed by atoms with Crippen molar-refractivity contribution in [1.82, 2.24) is 0 Å². The minimum Gasteiger partial charge on any atom is -0.479 e. The van der Waals surface area contributed by atoms with E-state index in [9.17, 15) is 9.59 Å². The summed E-state index contributed by atoms with van der Waals surface area (Å²) < 4.78 is 21.5. The molecule has 6 heteroatoms. The third-order valence-corrected chi connectivity index (χ3v) is 4.63. The van der Waals surface area contributed by atoms with Crippen LogP contribution in [0.3, 0.4) is 0 Å². The van der Waals surface area contributed by atoms with Crippen molar-refractivity contribution in [2.45, 2.75) is 52.7 Å². The van der Waals surface area contributed by atoms with Crippen LogP contribution in [0.4, 0.5) is 0 Å². The van der Waals surface area contributed by atoms with Gasteiger partial charge in [0.15, 0.2) is 12.2 Å². The zero-order valence-electron chi connectivity index (χ0n) is 19.2. The number of hydrogen-bond acceptors (Lipinski definition) is 6. The predicted octanol–water partition coefficient (Wildman–Crippen LogP) is 5.30. The molecular formula is C26H32O6. The molecule has 2 atom stereocenters. The molecular weight excluding hydrogens is 408 g/mol. The summed E-state index contributed by atoms with van der Waals surface area (Å²) in [5, 5.41) is 0. The van der Waals surface area contributed by atoms with Crippen LogP contribution in [0.15, 0.2) is 48.5 Å². The summed E-state index contributed by atoms with van der Waals surface area (Å²) in [5.41, 5.74) is 1.99. The summed E-state index contributed by atoms with van der Waals surface area (Å²) in [6, 6.07) is 15.0. The van der Waals surface area contributed by atoms with Gasteiger partial charge in [-0.3, -0.25) is 0 Å². The van der Waals surface area contributed by atoms with Crippen LogP contribution in [0.1, 0.15) is 51.7 Å². The Bertz CT molecular complexity index is 797. The van der Waals surface area contributed by atoms with Crippen LogP contribution in [-0.2, 0) is 19.1 Å². The summed E-state index contributed by atoms with van der Waals surface area (Å²) in [5.74, 6) is 0.545. The van der Waals surface area contributed by atoms with Gasteiger partial charge in [0.25, 0.3) is 0 Å². The Morgan fingerprint density at radius 2 is 1.00 bits per heavy atom. The zero-order chi connectivity index (χ0) is 23.3. The fourth-order valence-corrected chi connectivity index (χ4v) is 2.90. The largest absolute Gasteiger partial charge is 0.479 e. The van der Waals surface area contributed by atoms with Crippen LogP contribution in [0, 0.1) is 0 Å². The van der Waals surface area contributed by atoms with Gasteiger partial charge in [-0.1, -0.05) is 50.3 Å². The lowest BCUT2D eigenvalue weighted by Crippen LogP contribution is -2.28. The van der Waals surface area contributed by atoms with Gasteiger partial charge in [-0.05, 0) is 62.1 Å². The number of esters is 2. The van der Waals surface area contributed by atoms with E-state index < -0.39 is 12.2 Å². The van der Waals surface area contributed by atoms with Gasteiger partial charge in [-0.2, -0.15) is 0 Å². The average Bonchev–Trinajstić information content (AvgIpc) is 2.81. The van der Waals surface area contributed by atoms with Crippen molar-refractivity contribution in [3.63, 3.8) is 0 Å². The van der Waals surface area contributed by atoms with E-state index >= 15 is 0 Å². The molecule has 0 aromatic heterocycles. The second-order valence-electron chi connectivity index (χ2n) is 7.00. The maximum absolute atomic E-state index is 11.9. The molecule has 0 radical (unpaired) electrons. The van der Waals surface area contributed by atoms with Gasteiger partial charge in [0.1, 0.15) is 11.5 Å². The first kappa shape index (κ1) is 25.0. The smallest absolute Gasteiger partial charge is 0.347 e. The first-order valence-corrected chi connectivity index (χ1v) is 11.0. The zero-order valence-corrected chi connectivity index (χ0v) is 19.2. The summed E-state index contributed by atoms with van der Waals surface area (Å²) in [7, 11) is 0. The summed E-state index contributed by atoms with van der Waals surface area (Å²) >= 11 is 0. The van der Waals surface area contributed by atoms with Crippen LogP contribution in [0.25, 0.3) is 12.2 Å². The van der Waals surface area contributed by atoms with Crippen molar-refractivity contribution in [2.24, 2.45) is 0 Å². The van der Waals surface area contributed by atoms with Crippen molar-refractivity contribution in [3.8, 4) is 11.5 Å². The molecule has 6 nitrogen and oxygen atoms in total. The Kier molecular flexibility index (Phi) is 10.3. The monoisotopic (exact) mass is 440 g/mol. The highest BCUT2D eigenvalue weighted by Crippen LogP contribution is 2.19. The fraction of sp³-hybridized carbons (Fsp3) is 0.385. The SMILES string of the molecule is CCOC(=O)C(CC)Oc1ccc(/C=C/c2ccc(OC(CC)C(=O)OCC)cc2)cc1. The Labute approximate surface area is 190 Å². The van der Waals surface area contributed by atoms with Crippen LogP contribution in [0.2, 0.25) is 0 Å². The highest BCUT2D eigenvalue weighted by Gasteiger charge is 2.20. The van der Waals surface area contributed by atoms with Crippen LogP contribution in [0.5, 0.6) is 11.5 Å². The molecule has 0 aliphatic carbocycles. The molecule has 0 spiro atoms. The second kappa shape index (κ2) is 13.2. The molecule has 2 aromatic rings. The highest BCUT2D eigenvalue weighted by atomic mass is 16.6. The Balaban J connectivity index is 1.95. The number of carbonyl (C=O) groups is 2. The maximum atomic E-state index is 11.9. The molecule has 0 N–H and O–H groups in total. The normalized spacial score (nSPS) is 12.8. The molecule has 2 aromatic carbocycles. The van der Waals surface area contributed by atoms with E-state index in [-0.39, 0.29) is 11.9 Å². The topological polar surface area (TPSA) is 71.1 Å². The van der Waals surface area contributed by atoms with E-state index in [0.717, 1.165) is 11.1 Å². The van der Waals surface area contributed by atoms with E-state index in [1.54, 1.807) is 13.8 Å². The van der Waals surface area contributed by atoms with Crippen molar-refractivity contribution < 1.29 is 28.5 Å². The molecule has 0 fully saturated rings.